The molecule has 1 aliphatic heterocycles. The molecular formula is C15H12Br2N2O. The molecule has 1 atom stereocenters. The van der Waals surface area contributed by atoms with Gasteiger partial charge in [0.1, 0.15) is 5.60 Å². The van der Waals surface area contributed by atoms with E-state index >= 15 is 0 Å². The number of halogens is 2. The van der Waals surface area contributed by atoms with Gasteiger partial charge in [-0.25, -0.2) is 4.99 Å². The fourth-order valence-electron chi connectivity index (χ4n) is 2.14. The molecule has 1 aliphatic rings. The van der Waals surface area contributed by atoms with Crippen LogP contribution in [0, 0.1) is 0 Å². The molecule has 0 N–H and O–H groups in total. The van der Waals surface area contributed by atoms with E-state index in [1.54, 1.807) is 12.4 Å². The SMILES string of the molecule is CC1(CBr)OC(c2cccnc2)=Nc2ccc(Br)cc21. The Bertz CT molecular complexity index is 673. The lowest BCUT2D eigenvalue weighted by atomic mass is 9.95. The first-order valence-electron chi connectivity index (χ1n) is 6.16. The Morgan fingerprint density at radius 3 is 2.85 bits per heavy atom. The van der Waals surface area contributed by atoms with Gasteiger partial charge < -0.3 is 4.74 Å². The Hall–Kier alpha value is -1.20. The maximum Gasteiger partial charge on any atom is 0.223 e. The minimum atomic E-state index is -0.452. The molecule has 102 valence electrons. The van der Waals surface area contributed by atoms with Gasteiger partial charge in [-0.2, -0.15) is 0 Å². The summed E-state index contributed by atoms with van der Waals surface area (Å²) >= 11 is 7.05. The highest BCUT2D eigenvalue weighted by Gasteiger charge is 2.35. The summed E-state index contributed by atoms with van der Waals surface area (Å²) in [5, 5.41) is 0.683. The van der Waals surface area contributed by atoms with Crippen molar-refractivity contribution in [3.8, 4) is 0 Å². The largest absolute Gasteiger partial charge is 0.465 e. The molecule has 2 heterocycles. The molecule has 0 bridgehead atoms. The number of aromatic nitrogens is 1. The summed E-state index contributed by atoms with van der Waals surface area (Å²) in [4.78, 5) is 8.74. The predicted octanol–water partition coefficient (Wildman–Crippen LogP) is 4.56. The fraction of sp³-hybridized carbons (Fsp3) is 0.200. The van der Waals surface area contributed by atoms with Gasteiger partial charge in [-0.1, -0.05) is 31.9 Å². The van der Waals surface area contributed by atoms with Crippen LogP contribution in [0.1, 0.15) is 18.1 Å². The number of hydrogen-bond acceptors (Lipinski definition) is 3. The molecule has 5 heteroatoms. The zero-order valence-corrected chi connectivity index (χ0v) is 14.0. The third-order valence-electron chi connectivity index (χ3n) is 3.24. The number of ether oxygens (including phenoxy) is 1. The van der Waals surface area contributed by atoms with Crippen molar-refractivity contribution in [2.24, 2.45) is 4.99 Å². The van der Waals surface area contributed by atoms with Crippen LogP contribution in [-0.2, 0) is 10.3 Å². The Morgan fingerprint density at radius 2 is 2.15 bits per heavy atom. The summed E-state index contributed by atoms with van der Waals surface area (Å²) in [6, 6.07) is 9.87. The number of rotatable bonds is 2. The van der Waals surface area contributed by atoms with Crippen molar-refractivity contribution >= 4 is 43.4 Å². The lowest BCUT2D eigenvalue weighted by molar-refractivity contribution is 0.0979. The van der Waals surface area contributed by atoms with Crippen molar-refractivity contribution in [2.45, 2.75) is 12.5 Å². The van der Waals surface area contributed by atoms with Crippen molar-refractivity contribution in [1.29, 1.82) is 0 Å². The van der Waals surface area contributed by atoms with Crippen LogP contribution in [0.25, 0.3) is 0 Å². The van der Waals surface area contributed by atoms with Crippen molar-refractivity contribution in [3.05, 3.63) is 58.3 Å². The smallest absolute Gasteiger partial charge is 0.223 e. The van der Waals surface area contributed by atoms with Crippen molar-refractivity contribution in [1.82, 2.24) is 4.98 Å². The number of fused-ring (bicyclic) bond motifs is 1. The van der Waals surface area contributed by atoms with E-state index in [1.165, 1.54) is 0 Å². The van der Waals surface area contributed by atoms with Crippen molar-refractivity contribution < 1.29 is 4.74 Å². The van der Waals surface area contributed by atoms with Crippen LogP contribution in [0.15, 0.2) is 52.2 Å². The maximum atomic E-state index is 6.13. The number of benzene rings is 1. The van der Waals surface area contributed by atoms with Crippen LogP contribution < -0.4 is 0 Å². The Kier molecular flexibility index (Phi) is 3.65. The molecule has 3 rings (SSSR count). The van der Waals surface area contributed by atoms with E-state index in [1.807, 2.05) is 24.3 Å². The van der Waals surface area contributed by atoms with Gasteiger partial charge >= 0.3 is 0 Å². The molecule has 0 spiro atoms. The molecular weight excluding hydrogens is 384 g/mol. The number of pyridine rings is 1. The highest BCUT2D eigenvalue weighted by molar-refractivity contribution is 9.10. The van der Waals surface area contributed by atoms with Gasteiger partial charge in [0.15, 0.2) is 0 Å². The van der Waals surface area contributed by atoms with Crippen molar-refractivity contribution in [3.63, 3.8) is 0 Å². The van der Waals surface area contributed by atoms with E-state index in [9.17, 15) is 0 Å². The fourth-order valence-corrected chi connectivity index (χ4v) is 2.92. The third kappa shape index (κ3) is 2.40. The second-order valence-corrected chi connectivity index (χ2v) is 6.26. The summed E-state index contributed by atoms with van der Waals surface area (Å²) in [5.74, 6) is 0.606. The minimum Gasteiger partial charge on any atom is -0.465 e. The molecule has 2 aromatic rings. The Balaban J connectivity index is 2.15. The summed E-state index contributed by atoms with van der Waals surface area (Å²) in [7, 11) is 0. The second kappa shape index (κ2) is 5.30. The molecule has 20 heavy (non-hydrogen) atoms. The second-order valence-electron chi connectivity index (χ2n) is 4.79. The maximum absolute atomic E-state index is 6.13. The lowest BCUT2D eigenvalue weighted by Crippen LogP contribution is -2.34. The molecule has 0 saturated carbocycles. The third-order valence-corrected chi connectivity index (χ3v) is 4.80. The average Bonchev–Trinajstić information content (AvgIpc) is 2.49. The van der Waals surface area contributed by atoms with Crippen LogP contribution in [0.5, 0.6) is 0 Å². The molecule has 0 aliphatic carbocycles. The summed E-state index contributed by atoms with van der Waals surface area (Å²) in [5.41, 5.74) is 2.43. The number of hydrogen-bond donors (Lipinski definition) is 0. The number of nitrogens with zero attached hydrogens (tertiary/aromatic N) is 2. The number of aliphatic imine (C=N–C) groups is 1. The monoisotopic (exact) mass is 394 g/mol. The molecule has 0 amide bonds. The predicted molar refractivity (Wildman–Crippen MR) is 86.8 cm³/mol. The van der Waals surface area contributed by atoms with E-state index in [0.717, 1.165) is 21.3 Å². The molecule has 1 unspecified atom stereocenters. The topological polar surface area (TPSA) is 34.5 Å². The van der Waals surface area contributed by atoms with Crippen LogP contribution in [0.3, 0.4) is 0 Å². The highest BCUT2D eigenvalue weighted by Crippen LogP contribution is 2.40. The Labute approximate surface area is 134 Å². The van der Waals surface area contributed by atoms with Gasteiger partial charge in [0.2, 0.25) is 5.90 Å². The first-order valence-corrected chi connectivity index (χ1v) is 8.08. The zero-order valence-electron chi connectivity index (χ0n) is 10.8. The van der Waals surface area contributed by atoms with E-state index in [4.69, 9.17) is 4.74 Å². The van der Waals surface area contributed by atoms with Gasteiger partial charge in [-0.15, -0.1) is 0 Å². The van der Waals surface area contributed by atoms with Crippen LogP contribution in [-0.4, -0.2) is 16.2 Å². The quantitative estimate of drug-likeness (QED) is 0.698. The summed E-state index contributed by atoms with van der Waals surface area (Å²) in [6.07, 6.45) is 3.50. The van der Waals surface area contributed by atoms with Gasteiger partial charge in [-0.3, -0.25) is 4.98 Å². The van der Waals surface area contributed by atoms with E-state index < -0.39 is 5.60 Å². The molecule has 1 aromatic carbocycles. The molecule has 3 nitrogen and oxygen atoms in total. The van der Waals surface area contributed by atoms with E-state index in [2.05, 4.69) is 54.8 Å². The van der Waals surface area contributed by atoms with Gasteiger partial charge in [-0.05, 0) is 37.3 Å². The minimum absolute atomic E-state index is 0.452. The zero-order chi connectivity index (χ0) is 14.2. The molecule has 0 fully saturated rings. The normalized spacial score (nSPS) is 20.9. The first kappa shape index (κ1) is 13.8. The molecule has 1 aromatic heterocycles. The van der Waals surface area contributed by atoms with Crippen LogP contribution in [0.2, 0.25) is 0 Å². The summed E-state index contributed by atoms with van der Waals surface area (Å²) in [6.45, 7) is 2.05. The average molecular weight is 396 g/mol. The van der Waals surface area contributed by atoms with Crippen molar-refractivity contribution in [2.75, 3.05) is 5.33 Å². The highest BCUT2D eigenvalue weighted by atomic mass is 79.9. The number of alkyl halides is 1. The van der Waals surface area contributed by atoms with E-state index in [-0.39, 0.29) is 0 Å². The first-order chi connectivity index (χ1) is 9.62. The van der Waals surface area contributed by atoms with Crippen LogP contribution >= 0.6 is 31.9 Å². The van der Waals surface area contributed by atoms with E-state index in [0.29, 0.717) is 11.2 Å². The lowest BCUT2D eigenvalue weighted by Gasteiger charge is -2.34. The van der Waals surface area contributed by atoms with Gasteiger partial charge in [0, 0.05) is 27.8 Å². The van der Waals surface area contributed by atoms with Gasteiger partial charge in [0.25, 0.3) is 0 Å². The standard InChI is InChI=1S/C15H12Br2N2O/c1-15(9-16)12-7-11(17)4-5-13(12)19-14(20-15)10-3-2-6-18-8-10/h2-8H,9H2,1H3. The van der Waals surface area contributed by atoms with Crippen LogP contribution in [0.4, 0.5) is 5.69 Å². The van der Waals surface area contributed by atoms with Gasteiger partial charge in [0.05, 0.1) is 11.3 Å². The summed E-state index contributed by atoms with van der Waals surface area (Å²) < 4.78 is 7.15. The Morgan fingerprint density at radius 1 is 1.30 bits per heavy atom. The molecule has 0 radical (unpaired) electrons. The molecule has 0 saturated heterocycles.